The molecule has 8 heteroatoms. The second-order valence-corrected chi connectivity index (χ2v) is 3.91. The summed E-state index contributed by atoms with van der Waals surface area (Å²) in [4.78, 5) is 32.9. The molecule has 0 heterocycles. The molecule has 0 aliphatic heterocycles. The van der Waals surface area contributed by atoms with Gasteiger partial charge in [-0.3, -0.25) is 4.79 Å². The van der Waals surface area contributed by atoms with Gasteiger partial charge in [0.05, 0.1) is 7.11 Å². The van der Waals surface area contributed by atoms with Gasteiger partial charge in [-0.25, -0.2) is 9.59 Å². The minimum absolute atomic E-state index is 0.0468. The molecule has 0 aromatic heterocycles. The van der Waals surface area contributed by atoms with E-state index in [1.807, 2.05) is 0 Å². The topological polar surface area (TPSA) is 97.4 Å². The third-order valence-corrected chi connectivity index (χ3v) is 1.97. The summed E-state index contributed by atoms with van der Waals surface area (Å²) in [6.07, 6.45) is -2.88. The third kappa shape index (κ3) is 9.01. The summed E-state index contributed by atoms with van der Waals surface area (Å²) in [5, 5.41) is 0. The molecule has 0 rings (SSSR count). The minimum Gasteiger partial charge on any atom is -0.462 e. The molecule has 0 radical (unpaired) electrons. The fourth-order valence-corrected chi connectivity index (χ4v) is 0.981. The van der Waals surface area contributed by atoms with Crippen molar-refractivity contribution in [2.45, 2.75) is 39.4 Å². The van der Waals surface area contributed by atoms with E-state index in [9.17, 15) is 14.4 Å². The van der Waals surface area contributed by atoms with Gasteiger partial charge in [0.15, 0.2) is 0 Å². The van der Waals surface area contributed by atoms with Gasteiger partial charge in [0, 0.05) is 6.42 Å². The highest BCUT2D eigenvalue weighted by Crippen LogP contribution is 2.01. The Morgan fingerprint density at radius 1 is 0.900 bits per heavy atom. The quantitative estimate of drug-likeness (QED) is 0.516. The average Bonchev–Trinajstić information content (AvgIpc) is 2.41. The van der Waals surface area contributed by atoms with E-state index in [0.717, 1.165) is 0 Å². The molecule has 0 spiro atoms. The summed E-state index contributed by atoms with van der Waals surface area (Å²) < 4.78 is 23.3. The van der Waals surface area contributed by atoms with Gasteiger partial charge in [0.1, 0.15) is 25.4 Å². The second kappa shape index (κ2) is 9.88. The monoisotopic (exact) mass is 292 g/mol. The fourth-order valence-electron chi connectivity index (χ4n) is 0.981. The molecule has 0 aromatic rings. The lowest BCUT2D eigenvalue weighted by Crippen LogP contribution is -2.27. The zero-order chi connectivity index (χ0) is 15.5. The van der Waals surface area contributed by atoms with E-state index in [0.29, 0.717) is 0 Å². The van der Waals surface area contributed by atoms with E-state index in [-0.39, 0.29) is 25.6 Å². The normalized spacial score (nSPS) is 12.8. The van der Waals surface area contributed by atoms with Crippen molar-refractivity contribution in [3.8, 4) is 0 Å². The maximum Gasteiger partial charge on any atom is 0.509 e. The summed E-state index contributed by atoms with van der Waals surface area (Å²) in [5.74, 6) is -0.381. The van der Waals surface area contributed by atoms with Crippen LogP contribution in [0.4, 0.5) is 9.59 Å². The molecule has 0 saturated heterocycles. The number of carbonyl (C=O) groups excluding carboxylic acids is 3. The Kier molecular flexibility index (Phi) is 8.89. The van der Waals surface area contributed by atoms with Gasteiger partial charge in [0.2, 0.25) is 0 Å². The van der Waals surface area contributed by atoms with Crippen molar-refractivity contribution in [3.05, 3.63) is 0 Å². The van der Waals surface area contributed by atoms with Crippen molar-refractivity contribution in [2.24, 2.45) is 0 Å². The van der Waals surface area contributed by atoms with Crippen LogP contribution in [0.1, 0.15) is 27.2 Å². The number of hydrogen-bond acceptors (Lipinski definition) is 8. The van der Waals surface area contributed by atoms with Crippen LogP contribution in [0.25, 0.3) is 0 Å². The lowest BCUT2D eigenvalue weighted by Gasteiger charge is -2.16. The van der Waals surface area contributed by atoms with Crippen LogP contribution in [-0.2, 0) is 28.5 Å². The predicted molar refractivity (Wildman–Crippen MR) is 66.1 cm³/mol. The number of hydrogen-bond donors (Lipinski definition) is 0. The molecule has 2 atom stereocenters. The highest BCUT2D eigenvalue weighted by molar-refractivity contribution is 5.68. The van der Waals surface area contributed by atoms with Gasteiger partial charge in [-0.15, -0.1) is 0 Å². The molecule has 0 aliphatic rings. The summed E-state index contributed by atoms with van der Waals surface area (Å²) >= 11 is 0. The number of carbonyl (C=O) groups is 3. The van der Waals surface area contributed by atoms with Crippen LogP contribution in [-0.4, -0.2) is 50.8 Å². The first-order valence-corrected chi connectivity index (χ1v) is 6.12. The van der Waals surface area contributed by atoms with Crippen LogP contribution in [0.3, 0.4) is 0 Å². The molecule has 8 nitrogen and oxygen atoms in total. The lowest BCUT2D eigenvalue weighted by atomic mass is 10.4. The summed E-state index contributed by atoms with van der Waals surface area (Å²) in [7, 11) is 1.17. The molecule has 0 aromatic carbocycles. The van der Waals surface area contributed by atoms with Crippen molar-refractivity contribution >= 4 is 18.3 Å². The van der Waals surface area contributed by atoms with Gasteiger partial charge in [-0.1, -0.05) is 6.92 Å². The van der Waals surface area contributed by atoms with Crippen LogP contribution in [0.2, 0.25) is 0 Å². The highest BCUT2D eigenvalue weighted by atomic mass is 16.8. The van der Waals surface area contributed by atoms with Crippen molar-refractivity contribution < 1.29 is 38.1 Å². The van der Waals surface area contributed by atoms with Gasteiger partial charge < -0.3 is 23.7 Å². The molecule has 0 N–H and O–H groups in total. The van der Waals surface area contributed by atoms with Crippen LogP contribution >= 0.6 is 0 Å². The van der Waals surface area contributed by atoms with Crippen molar-refractivity contribution in [1.82, 2.24) is 0 Å². The SMILES string of the molecule is CCC(=O)OCC(C)OC(=O)OC(C)COC(=O)OC. The van der Waals surface area contributed by atoms with Crippen LogP contribution in [0.15, 0.2) is 0 Å². The maximum atomic E-state index is 11.3. The molecule has 0 bridgehead atoms. The Balaban J connectivity index is 3.85. The Morgan fingerprint density at radius 3 is 1.85 bits per heavy atom. The molecule has 116 valence electrons. The van der Waals surface area contributed by atoms with Crippen LogP contribution in [0, 0.1) is 0 Å². The Labute approximate surface area is 117 Å². The first-order valence-electron chi connectivity index (χ1n) is 6.12. The van der Waals surface area contributed by atoms with Gasteiger partial charge >= 0.3 is 18.3 Å². The molecule has 0 fully saturated rings. The molecule has 20 heavy (non-hydrogen) atoms. The van der Waals surface area contributed by atoms with E-state index < -0.39 is 24.5 Å². The Morgan fingerprint density at radius 2 is 1.40 bits per heavy atom. The first-order chi connectivity index (χ1) is 9.38. The van der Waals surface area contributed by atoms with Gasteiger partial charge in [-0.05, 0) is 13.8 Å². The standard InChI is InChI=1S/C12H20O8/c1-5-10(13)17-6-8(2)19-12(15)20-9(3)7-18-11(14)16-4/h8-9H,5-7H2,1-4H3. The second-order valence-electron chi connectivity index (χ2n) is 3.91. The van der Waals surface area contributed by atoms with Gasteiger partial charge in [-0.2, -0.15) is 0 Å². The molecular formula is C12H20O8. The zero-order valence-electron chi connectivity index (χ0n) is 12.0. The Hall–Kier alpha value is -1.99. The molecule has 2 unspecified atom stereocenters. The number of ether oxygens (including phenoxy) is 5. The largest absolute Gasteiger partial charge is 0.509 e. The molecular weight excluding hydrogens is 272 g/mol. The van der Waals surface area contributed by atoms with Crippen molar-refractivity contribution in [2.75, 3.05) is 20.3 Å². The van der Waals surface area contributed by atoms with Crippen molar-refractivity contribution in [1.29, 1.82) is 0 Å². The highest BCUT2D eigenvalue weighted by Gasteiger charge is 2.17. The fraction of sp³-hybridized carbons (Fsp3) is 0.750. The van der Waals surface area contributed by atoms with Crippen LogP contribution in [0.5, 0.6) is 0 Å². The number of rotatable bonds is 7. The zero-order valence-corrected chi connectivity index (χ0v) is 12.0. The van der Waals surface area contributed by atoms with E-state index in [1.54, 1.807) is 13.8 Å². The van der Waals surface area contributed by atoms with E-state index in [1.165, 1.54) is 14.0 Å². The average molecular weight is 292 g/mol. The lowest BCUT2D eigenvalue weighted by molar-refractivity contribution is -0.146. The molecule has 0 amide bonds. The Bertz CT molecular complexity index is 297. The summed E-state index contributed by atoms with van der Waals surface area (Å²) in [5.41, 5.74) is 0. The predicted octanol–water partition coefficient (Wildman–Crippen LogP) is 1.65. The summed E-state index contributed by atoms with van der Waals surface area (Å²) in [6.45, 7) is 4.53. The van der Waals surface area contributed by atoms with E-state index >= 15 is 0 Å². The van der Waals surface area contributed by atoms with E-state index in [4.69, 9.17) is 14.2 Å². The molecule has 0 aliphatic carbocycles. The summed E-state index contributed by atoms with van der Waals surface area (Å²) in [6, 6.07) is 0. The molecule has 0 saturated carbocycles. The van der Waals surface area contributed by atoms with E-state index in [2.05, 4.69) is 9.47 Å². The number of esters is 1. The maximum absolute atomic E-state index is 11.3. The minimum atomic E-state index is -0.939. The number of methoxy groups -OCH3 is 1. The smallest absolute Gasteiger partial charge is 0.462 e. The van der Waals surface area contributed by atoms with Gasteiger partial charge in [0.25, 0.3) is 0 Å². The third-order valence-electron chi connectivity index (χ3n) is 1.97. The first kappa shape index (κ1) is 18.0. The van der Waals surface area contributed by atoms with Crippen molar-refractivity contribution in [3.63, 3.8) is 0 Å². The van der Waals surface area contributed by atoms with Crippen LogP contribution < -0.4 is 0 Å².